The molecule has 1 aliphatic carbocycles. The number of allylic oxidation sites excluding steroid dienone is 3. The maximum Gasteiger partial charge on any atom is 0.168 e. The Bertz CT molecular complexity index is 287. The second-order valence-corrected chi connectivity index (χ2v) is 3.06. The van der Waals surface area contributed by atoms with Crippen LogP contribution < -0.4 is 11.1 Å². The summed E-state index contributed by atoms with van der Waals surface area (Å²) in [4.78, 5) is 0. The molecule has 0 unspecified atom stereocenters. The van der Waals surface area contributed by atoms with Crippen molar-refractivity contribution in [2.75, 3.05) is 7.11 Å². The van der Waals surface area contributed by atoms with E-state index in [-0.39, 0.29) is 10.9 Å². The fraction of sp³-hybridized carbons (Fsp3) is 0.500. The summed E-state index contributed by atoms with van der Waals surface area (Å²) in [6.45, 7) is 4.00. The van der Waals surface area contributed by atoms with Gasteiger partial charge in [0.1, 0.15) is 5.83 Å². The van der Waals surface area contributed by atoms with E-state index in [1.807, 2.05) is 13.8 Å². The van der Waals surface area contributed by atoms with Gasteiger partial charge in [0, 0.05) is 18.9 Å². The molecule has 86 valence electrons. The van der Waals surface area contributed by atoms with E-state index >= 15 is 0 Å². The summed E-state index contributed by atoms with van der Waals surface area (Å²) in [5, 5.41) is 2.61. The van der Waals surface area contributed by atoms with Crippen LogP contribution in [0.4, 0.5) is 4.39 Å². The third-order valence-electron chi connectivity index (χ3n) is 1.71. The fourth-order valence-corrected chi connectivity index (χ4v) is 1.19. The average molecular weight is 232 g/mol. The minimum Gasteiger partial charge on any atom is -0.501 e. The van der Waals surface area contributed by atoms with Crippen molar-refractivity contribution >= 4 is 17.3 Å². The van der Waals surface area contributed by atoms with Crippen molar-refractivity contribution in [1.29, 1.82) is 0 Å². The summed E-state index contributed by atoms with van der Waals surface area (Å²) in [5.41, 5.74) is 5.52. The molecule has 0 spiro atoms. The van der Waals surface area contributed by atoms with Crippen LogP contribution in [0.1, 0.15) is 26.7 Å². The fourth-order valence-electron chi connectivity index (χ4n) is 1.08. The van der Waals surface area contributed by atoms with Gasteiger partial charge in [-0.25, -0.2) is 4.39 Å². The lowest BCUT2D eigenvalue weighted by Crippen LogP contribution is -2.29. The van der Waals surface area contributed by atoms with Crippen LogP contribution in [0.3, 0.4) is 0 Å². The van der Waals surface area contributed by atoms with Crippen LogP contribution in [-0.2, 0) is 4.74 Å². The third kappa shape index (κ3) is 4.78. The van der Waals surface area contributed by atoms with Crippen molar-refractivity contribution in [3.05, 3.63) is 23.4 Å². The Balaban J connectivity index is 0.000000921. The van der Waals surface area contributed by atoms with Gasteiger partial charge in [-0.1, -0.05) is 13.8 Å². The minimum atomic E-state index is -0.242. The number of halogens is 1. The summed E-state index contributed by atoms with van der Waals surface area (Å²) in [5.74, 6) is 0.480. The molecule has 0 bridgehead atoms. The van der Waals surface area contributed by atoms with E-state index in [0.717, 1.165) is 5.76 Å². The van der Waals surface area contributed by atoms with Gasteiger partial charge >= 0.3 is 0 Å². The molecule has 0 saturated heterocycles. The topological polar surface area (TPSA) is 47.3 Å². The smallest absolute Gasteiger partial charge is 0.168 e. The normalized spacial score (nSPS) is 14.8. The third-order valence-corrected chi connectivity index (χ3v) is 1.81. The number of hydrogen-bond acceptors (Lipinski definition) is 2. The van der Waals surface area contributed by atoms with Crippen molar-refractivity contribution in [2.24, 2.45) is 5.73 Å². The van der Waals surface area contributed by atoms with Crippen LogP contribution in [0.2, 0.25) is 0 Å². The van der Waals surface area contributed by atoms with Crippen molar-refractivity contribution in [2.45, 2.75) is 26.7 Å². The van der Waals surface area contributed by atoms with Gasteiger partial charge < -0.3 is 15.8 Å². The minimum absolute atomic E-state index is 0.0544. The molecule has 0 saturated carbocycles. The summed E-state index contributed by atoms with van der Waals surface area (Å²) in [6, 6.07) is 0. The molecule has 0 atom stereocenters. The maximum absolute atomic E-state index is 13.1. The molecular weight excluding hydrogens is 215 g/mol. The van der Waals surface area contributed by atoms with Gasteiger partial charge in [-0.3, -0.25) is 0 Å². The Morgan fingerprint density at radius 1 is 1.53 bits per heavy atom. The zero-order valence-electron chi connectivity index (χ0n) is 9.26. The van der Waals surface area contributed by atoms with Crippen LogP contribution in [0, 0.1) is 0 Å². The summed E-state index contributed by atoms with van der Waals surface area (Å²) >= 11 is 4.60. The predicted molar refractivity (Wildman–Crippen MR) is 63.7 cm³/mol. The highest BCUT2D eigenvalue weighted by Gasteiger charge is 2.13. The summed E-state index contributed by atoms with van der Waals surface area (Å²) < 4.78 is 18.1. The van der Waals surface area contributed by atoms with E-state index in [0.29, 0.717) is 18.5 Å². The number of nitrogens with two attached hydrogens (primary N) is 1. The summed E-state index contributed by atoms with van der Waals surface area (Å²) in [7, 11) is 1.55. The van der Waals surface area contributed by atoms with E-state index < -0.39 is 0 Å². The van der Waals surface area contributed by atoms with Crippen molar-refractivity contribution < 1.29 is 9.13 Å². The first-order valence-electron chi connectivity index (χ1n) is 4.83. The van der Waals surface area contributed by atoms with Gasteiger partial charge in [0.15, 0.2) is 5.11 Å². The summed E-state index contributed by atoms with van der Waals surface area (Å²) in [6.07, 6.45) is 2.47. The largest absolute Gasteiger partial charge is 0.501 e. The maximum atomic E-state index is 13.1. The zero-order valence-corrected chi connectivity index (χ0v) is 10.1. The predicted octanol–water partition coefficient (Wildman–Crippen LogP) is 2.35. The number of nitrogens with one attached hydrogen (secondary N) is 1. The lowest BCUT2D eigenvalue weighted by Gasteiger charge is -2.15. The van der Waals surface area contributed by atoms with E-state index in [1.165, 1.54) is 0 Å². The number of rotatable bonds is 2. The number of thiocarbonyl (C=S) groups is 1. The first kappa shape index (κ1) is 13.9. The monoisotopic (exact) mass is 232 g/mol. The molecule has 1 aliphatic rings. The van der Waals surface area contributed by atoms with Crippen LogP contribution in [-0.4, -0.2) is 12.2 Å². The van der Waals surface area contributed by atoms with Crippen LogP contribution in [0.15, 0.2) is 23.4 Å². The van der Waals surface area contributed by atoms with Gasteiger partial charge in [0.25, 0.3) is 0 Å². The molecule has 0 radical (unpaired) electrons. The van der Waals surface area contributed by atoms with Crippen molar-refractivity contribution in [3.8, 4) is 0 Å². The molecule has 0 aromatic carbocycles. The Kier molecular flexibility index (Phi) is 6.70. The number of ether oxygens (including phenoxy) is 1. The number of methoxy groups -OCH3 is 1. The molecule has 0 amide bonds. The average Bonchev–Trinajstić information content (AvgIpc) is 2.23. The molecule has 5 heteroatoms. The molecule has 15 heavy (non-hydrogen) atoms. The lowest BCUT2D eigenvalue weighted by atomic mass is 10.1. The molecule has 0 aromatic heterocycles. The van der Waals surface area contributed by atoms with Crippen LogP contribution >= 0.6 is 12.2 Å². The second kappa shape index (κ2) is 7.23. The van der Waals surface area contributed by atoms with Gasteiger partial charge in [0.05, 0.1) is 18.6 Å². The van der Waals surface area contributed by atoms with E-state index in [4.69, 9.17) is 10.5 Å². The highest BCUT2D eigenvalue weighted by Crippen LogP contribution is 2.23. The quantitative estimate of drug-likeness (QED) is 0.717. The van der Waals surface area contributed by atoms with Crippen molar-refractivity contribution in [1.82, 2.24) is 5.32 Å². The highest BCUT2D eigenvalue weighted by molar-refractivity contribution is 7.80. The highest BCUT2D eigenvalue weighted by atomic mass is 32.1. The van der Waals surface area contributed by atoms with Gasteiger partial charge in [0.2, 0.25) is 0 Å². The Morgan fingerprint density at radius 3 is 2.60 bits per heavy atom. The Labute approximate surface area is 95.2 Å². The zero-order chi connectivity index (χ0) is 11.8. The second-order valence-electron chi connectivity index (χ2n) is 2.62. The van der Waals surface area contributed by atoms with E-state index in [9.17, 15) is 4.39 Å². The van der Waals surface area contributed by atoms with Crippen LogP contribution in [0.5, 0.6) is 0 Å². The van der Waals surface area contributed by atoms with E-state index in [1.54, 1.807) is 13.2 Å². The molecule has 0 heterocycles. The Morgan fingerprint density at radius 2 is 2.13 bits per heavy atom. The standard InChI is InChI=1S/C8H11FN2OS.C2H6/c1-12-5-2-3-6(9)7(4-5)11-8(10)13;1-2/h4H,2-3H2,1H3,(H3,10,11,13);1-2H3. The first-order chi connectivity index (χ1) is 7.13. The van der Waals surface area contributed by atoms with E-state index in [2.05, 4.69) is 17.5 Å². The first-order valence-corrected chi connectivity index (χ1v) is 5.24. The molecule has 3 nitrogen and oxygen atoms in total. The SMILES string of the molecule is CC.COC1=CC(NC(N)=S)=C(F)CC1. The molecular formula is C10H17FN2OS. The molecule has 0 aromatic rings. The Hall–Kier alpha value is -1.10. The van der Waals surface area contributed by atoms with Gasteiger partial charge in [-0.15, -0.1) is 0 Å². The lowest BCUT2D eigenvalue weighted by molar-refractivity contribution is 0.271. The molecule has 1 rings (SSSR count). The van der Waals surface area contributed by atoms with Crippen molar-refractivity contribution in [3.63, 3.8) is 0 Å². The number of hydrogen-bond donors (Lipinski definition) is 2. The van der Waals surface area contributed by atoms with Gasteiger partial charge in [-0.2, -0.15) is 0 Å². The molecule has 3 N–H and O–H groups in total. The molecule has 0 aliphatic heterocycles. The van der Waals surface area contributed by atoms with Crippen LogP contribution in [0.25, 0.3) is 0 Å². The van der Waals surface area contributed by atoms with Gasteiger partial charge in [-0.05, 0) is 12.2 Å². The molecule has 0 fully saturated rings.